The van der Waals surface area contributed by atoms with E-state index in [1.807, 2.05) is 13.8 Å². The lowest BCUT2D eigenvalue weighted by Gasteiger charge is -2.17. The Hall–Kier alpha value is -1.03. The minimum Gasteiger partial charge on any atom is -0.475 e. The predicted octanol–water partition coefficient (Wildman–Crippen LogP) is 2.75. The van der Waals surface area contributed by atoms with E-state index in [0.29, 0.717) is 12.3 Å². The summed E-state index contributed by atoms with van der Waals surface area (Å²) in [5.74, 6) is -0.879. The molecule has 0 atom stereocenters. The van der Waals surface area contributed by atoms with E-state index >= 15 is 0 Å². The van der Waals surface area contributed by atoms with Gasteiger partial charge in [0.2, 0.25) is 5.76 Å². The van der Waals surface area contributed by atoms with Gasteiger partial charge < -0.3 is 9.99 Å². The van der Waals surface area contributed by atoms with E-state index in [4.69, 9.17) is 14.9 Å². The Kier molecular flexibility index (Phi) is 5.36. The number of hydrogen-bond acceptors (Lipinski definition) is 3. The summed E-state index contributed by atoms with van der Waals surface area (Å²) in [6.45, 7) is 9.36. The second-order valence-corrected chi connectivity index (χ2v) is 4.78. The molecule has 0 bridgehead atoms. The normalized spacial score (nSPS) is 13.1. The van der Waals surface area contributed by atoms with E-state index in [-0.39, 0.29) is 5.76 Å². The maximum atomic E-state index is 10.8. The Morgan fingerprint density at radius 3 is 2.27 bits per heavy atom. The molecule has 0 saturated carbocycles. The van der Waals surface area contributed by atoms with Crippen LogP contribution in [-0.2, 0) is 14.6 Å². The zero-order valence-electron chi connectivity index (χ0n) is 10.0. The quantitative estimate of drug-likeness (QED) is 0.332. The zero-order chi connectivity index (χ0) is 12.1. The van der Waals surface area contributed by atoms with Crippen LogP contribution in [0.15, 0.2) is 11.8 Å². The number of hydrogen-bond donors (Lipinski definition) is 1. The summed E-state index contributed by atoms with van der Waals surface area (Å²) in [5.41, 5.74) is -0.521. The molecule has 0 aromatic rings. The van der Waals surface area contributed by atoms with Crippen LogP contribution in [0.1, 0.15) is 41.0 Å². The maximum Gasteiger partial charge on any atom is 0.375 e. The predicted molar refractivity (Wildman–Crippen MR) is 57.1 cm³/mol. The zero-order valence-corrected chi connectivity index (χ0v) is 10.0. The SMILES string of the molecule is CC(C)CC=C(OOC(C)(C)C)C(=O)O. The number of carboxylic acid groups (broad SMARTS) is 1. The topological polar surface area (TPSA) is 55.8 Å². The first-order valence-electron chi connectivity index (χ1n) is 5.01. The van der Waals surface area contributed by atoms with Crippen molar-refractivity contribution >= 4 is 5.97 Å². The molecule has 0 aromatic heterocycles. The van der Waals surface area contributed by atoms with Crippen LogP contribution < -0.4 is 0 Å². The van der Waals surface area contributed by atoms with Gasteiger partial charge in [-0.2, -0.15) is 4.89 Å². The summed E-state index contributed by atoms with van der Waals surface area (Å²) < 4.78 is 0. The third-order valence-corrected chi connectivity index (χ3v) is 1.37. The van der Waals surface area contributed by atoms with Gasteiger partial charge in [0.05, 0.1) is 0 Å². The average Bonchev–Trinajstić information content (AvgIpc) is 2.00. The van der Waals surface area contributed by atoms with Gasteiger partial charge in [0.25, 0.3) is 0 Å². The van der Waals surface area contributed by atoms with Gasteiger partial charge in [-0.25, -0.2) is 4.79 Å². The van der Waals surface area contributed by atoms with Gasteiger partial charge in [0.15, 0.2) is 0 Å². The van der Waals surface area contributed by atoms with Gasteiger partial charge in [-0.1, -0.05) is 13.8 Å². The van der Waals surface area contributed by atoms with Gasteiger partial charge in [-0.15, -0.1) is 0 Å². The molecule has 0 saturated heterocycles. The highest BCUT2D eigenvalue weighted by Crippen LogP contribution is 2.12. The number of aliphatic carboxylic acids is 1. The van der Waals surface area contributed by atoms with E-state index in [1.165, 1.54) is 6.08 Å². The molecule has 0 aliphatic heterocycles. The summed E-state index contributed by atoms with van der Waals surface area (Å²) in [7, 11) is 0. The molecule has 4 nitrogen and oxygen atoms in total. The van der Waals surface area contributed by atoms with Crippen LogP contribution in [0.5, 0.6) is 0 Å². The average molecular weight is 216 g/mol. The van der Waals surface area contributed by atoms with Crippen molar-refractivity contribution in [3.63, 3.8) is 0 Å². The molecular formula is C11H20O4. The Balaban J connectivity index is 4.29. The van der Waals surface area contributed by atoms with Crippen molar-refractivity contribution in [1.29, 1.82) is 0 Å². The molecule has 0 radical (unpaired) electrons. The Bertz CT molecular complexity index is 235. The maximum absolute atomic E-state index is 10.8. The fourth-order valence-corrected chi connectivity index (χ4v) is 0.670. The number of rotatable bonds is 5. The minimum absolute atomic E-state index is 0.154. The van der Waals surface area contributed by atoms with Crippen LogP contribution in [0, 0.1) is 5.92 Å². The largest absolute Gasteiger partial charge is 0.475 e. The molecule has 0 aliphatic rings. The van der Waals surface area contributed by atoms with E-state index < -0.39 is 11.6 Å². The summed E-state index contributed by atoms with van der Waals surface area (Å²) >= 11 is 0. The van der Waals surface area contributed by atoms with Crippen LogP contribution in [0.25, 0.3) is 0 Å². The molecular weight excluding hydrogens is 196 g/mol. The molecule has 0 heterocycles. The molecule has 0 aliphatic carbocycles. The van der Waals surface area contributed by atoms with Crippen molar-refractivity contribution in [2.24, 2.45) is 5.92 Å². The van der Waals surface area contributed by atoms with Crippen LogP contribution >= 0.6 is 0 Å². The highest BCUT2D eigenvalue weighted by atomic mass is 17.2. The van der Waals surface area contributed by atoms with Gasteiger partial charge in [0, 0.05) is 0 Å². The summed E-state index contributed by atoms with van der Waals surface area (Å²) in [5, 5.41) is 8.81. The Labute approximate surface area is 90.8 Å². The summed E-state index contributed by atoms with van der Waals surface area (Å²) in [4.78, 5) is 20.5. The van der Waals surface area contributed by atoms with Crippen LogP contribution in [0.4, 0.5) is 0 Å². The molecule has 0 amide bonds. The van der Waals surface area contributed by atoms with Gasteiger partial charge in [-0.05, 0) is 39.2 Å². The van der Waals surface area contributed by atoms with Crippen molar-refractivity contribution in [3.05, 3.63) is 11.8 Å². The van der Waals surface area contributed by atoms with E-state index in [2.05, 4.69) is 0 Å². The van der Waals surface area contributed by atoms with Gasteiger partial charge in [0.1, 0.15) is 5.60 Å². The molecule has 0 fully saturated rings. The van der Waals surface area contributed by atoms with Crippen molar-refractivity contribution in [3.8, 4) is 0 Å². The lowest BCUT2D eigenvalue weighted by molar-refractivity contribution is -0.320. The molecule has 0 aromatic carbocycles. The number of carbonyl (C=O) groups is 1. The van der Waals surface area contributed by atoms with Crippen molar-refractivity contribution in [1.82, 2.24) is 0 Å². The Morgan fingerprint density at radius 1 is 1.40 bits per heavy atom. The second kappa shape index (κ2) is 5.75. The minimum atomic E-state index is -1.11. The van der Waals surface area contributed by atoms with Crippen LogP contribution in [0.2, 0.25) is 0 Å². The lowest BCUT2D eigenvalue weighted by atomic mass is 10.1. The fraction of sp³-hybridized carbons (Fsp3) is 0.727. The fourth-order valence-electron chi connectivity index (χ4n) is 0.670. The van der Waals surface area contributed by atoms with Crippen molar-refractivity contribution < 1.29 is 19.7 Å². The van der Waals surface area contributed by atoms with Crippen LogP contribution in [-0.4, -0.2) is 16.7 Å². The molecule has 0 unspecified atom stereocenters. The third kappa shape index (κ3) is 8.00. The molecule has 88 valence electrons. The molecule has 15 heavy (non-hydrogen) atoms. The van der Waals surface area contributed by atoms with E-state index in [0.717, 1.165) is 0 Å². The number of carboxylic acids is 1. The summed E-state index contributed by atoms with van der Waals surface area (Å²) in [6, 6.07) is 0. The van der Waals surface area contributed by atoms with E-state index in [9.17, 15) is 4.79 Å². The molecule has 0 rings (SSSR count). The van der Waals surface area contributed by atoms with Crippen molar-refractivity contribution in [2.75, 3.05) is 0 Å². The van der Waals surface area contributed by atoms with Crippen LogP contribution in [0.3, 0.4) is 0 Å². The summed E-state index contributed by atoms with van der Waals surface area (Å²) in [6.07, 6.45) is 2.17. The first-order chi connectivity index (χ1) is 6.72. The third-order valence-electron chi connectivity index (χ3n) is 1.37. The highest BCUT2D eigenvalue weighted by molar-refractivity contribution is 5.84. The van der Waals surface area contributed by atoms with Gasteiger partial charge >= 0.3 is 5.97 Å². The Morgan fingerprint density at radius 2 is 1.93 bits per heavy atom. The highest BCUT2D eigenvalue weighted by Gasteiger charge is 2.17. The first-order valence-corrected chi connectivity index (χ1v) is 5.01. The molecule has 1 N–H and O–H groups in total. The lowest BCUT2D eigenvalue weighted by Crippen LogP contribution is -2.21. The van der Waals surface area contributed by atoms with Crippen molar-refractivity contribution in [2.45, 2.75) is 46.6 Å². The standard InChI is InChI=1S/C11H20O4/c1-8(2)6-7-9(10(12)13)14-15-11(3,4)5/h7-8H,6H2,1-5H3,(H,12,13). The monoisotopic (exact) mass is 216 g/mol. The molecule has 4 heteroatoms. The molecule has 0 spiro atoms. The first kappa shape index (κ1) is 14.0. The van der Waals surface area contributed by atoms with Gasteiger partial charge in [-0.3, -0.25) is 0 Å². The number of allylic oxidation sites excluding steroid dienone is 1. The second-order valence-electron chi connectivity index (χ2n) is 4.78. The van der Waals surface area contributed by atoms with E-state index in [1.54, 1.807) is 20.8 Å². The smallest absolute Gasteiger partial charge is 0.375 e.